The van der Waals surface area contributed by atoms with E-state index in [9.17, 15) is 0 Å². The summed E-state index contributed by atoms with van der Waals surface area (Å²) >= 11 is 8.21. The minimum absolute atomic E-state index is 0.123. The van der Waals surface area contributed by atoms with Gasteiger partial charge in [-0.1, -0.05) is 78.9 Å². The van der Waals surface area contributed by atoms with Crippen molar-refractivity contribution >= 4 is 76.2 Å². The first kappa shape index (κ1) is 35.9. The van der Waals surface area contributed by atoms with Crippen LogP contribution in [0.15, 0.2) is 142 Å². The molecule has 2 aliphatic heterocycles. The molecule has 4 atom stereocenters. The van der Waals surface area contributed by atoms with Gasteiger partial charge in [-0.3, -0.25) is 0 Å². The fourth-order valence-electron chi connectivity index (χ4n) is 13.9. The molecule has 0 spiro atoms. The summed E-state index contributed by atoms with van der Waals surface area (Å²) in [4.78, 5) is 4.75. The Balaban J connectivity index is 0.839. The summed E-state index contributed by atoms with van der Waals surface area (Å²) in [6, 6.07) is 50.5. The lowest BCUT2D eigenvalue weighted by molar-refractivity contribution is 0.166. The Morgan fingerprint density at radius 1 is 0.429 bits per heavy atom. The van der Waals surface area contributed by atoms with Gasteiger partial charge in [0.15, 0.2) is 13.5 Å². The van der Waals surface area contributed by atoms with Crippen molar-refractivity contribution in [2.45, 2.75) is 55.8 Å². The highest BCUT2D eigenvalue weighted by Crippen LogP contribution is 2.60. The van der Waals surface area contributed by atoms with E-state index in [4.69, 9.17) is 9.47 Å². The van der Waals surface area contributed by atoms with Gasteiger partial charge in [0.25, 0.3) is 0 Å². The summed E-state index contributed by atoms with van der Waals surface area (Å²) in [5.74, 6) is 5.35. The zero-order valence-electron chi connectivity index (χ0n) is 34.6. The van der Waals surface area contributed by atoms with Gasteiger partial charge in [0, 0.05) is 31.6 Å². The Morgan fingerprint density at radius 2 is 0.984 bits per heavy atom. The van der Waals surface area contributed by atoms with Crippen molar-refractivity contribution in [3.63, 3.8) is 0 Å². The second kappa shape index (κ2) is 13.0. The number of halogens is 2. The van der Waals surface area contributed by atoms with Crippen molar-refractivity contribution in [3.05, 3.63) is 187 Å². The van der Waals surface area contributed by atoms with E-state index in [2.05, 4.69) is 175 Å². The standard InChI is InChI=1S/C57H42Br2N2O2/c58-46-24-41-34-19-30-18-31(20-34)22-35(21-30)42(41)26-50(46)61-29-63-53-13-5-10-37-36(16-17-49(61)57(37)53)33-14-15-40-43(23-33)56-39-9-2-1-8-38(39)55(40)45-27-51(47(59)25-44(45)56)60-28-62-52-12-4-7-32-6-3-11-48(60)54(32)52/h1-17,23-27,30-31,34-35,55-56H,18-22,28-29H2. The molecular formula is C57H42Br2N2O2. The van der Waals surface area contributed by atoms with Gasteiger partial charge < -0.3 is 19.3 Å². The van der Waals surface area contributed by atoms with Gasteiger partial charge in [-0.2, -0.15) is 0 Å². The van der Waals surface area contributed by atoms with Crippen molar-refractivity contribution in [3.8, 4) is 22.6 Å². The van der Waals surface area contributed by atoms with Crippen LogP contribution in [0.3, 0.4) is 0 Å². The molecule has 2 fully saturated rings. The quantitative estimate of drug-likeness (QED) is 0.176. The van der Waals surface area contributed by atoms with E-state index in [1.807, 2.05) is 0 Å². The molecule has 2 heterocycles. The fourth-order valence-corrected chi connectivity index (χ4v) is 15.0. The van der Waals surface area contributed by atoms with E-state index in [1.165, 1.54) is 120 Å². The van der Waals surface area contributed by atoms with Crippen molar-refractivity contribution in [1.82, 2.24) is 0 Å². The molecule has 8 aromatic carbocycles. The van der Waals surface area contributed by atoms with Crippen molar-refractivity contribution in [2.75, 3.05) is 23.3 Å². The number of rotatable bonds is 3. The number of nitrogens with zero attached hydrogens (tertiary/aromatic N) is 2. The van der Waals surface area contributed by atoms with Gasteiger partial charge in [-0.05, 0) is 209 Å². The van der Waals surface area contributed by atoms with E-state index < -0.39 is 0 Å². The fraction of sp³-hybridized carbons (Fsp3) is 0.228. The van der Waals surface area contributed by atoms with Gasteiger partial charge in [0.1, 0.15) is 11.5 Å². The molecule has 8 aromatic rings. The summed E-state index contributed by atoms with van der Waals surface area (Å²) in [6.07, 6.45) is 6.91. The van der Waals surface area contributed by atoms with Crippen LogP contribution in [-0.4, -0.2) is 13.5 Å². The van der Waals surface area contributed by atoms with Crippen molar-refractivity contribution in [1.29, 1.82) is 0 Å². The topological polar surface area (TPSA) is 24.9 Å². The Kier molecular flexibility index (Phi) is 7.41. The third-order valence-corrected chi connectivity index (χ3v) is 17.5. The maximum Gasteiger partial charge on any atom is 0.165 e. The van der Waals surface area contributed by atoms with Crippen LogP contribution >= 0.6 is 31.9 Å². The lowest BCUT2D eigenvalue weighted by atomic mass is 9.61. The average Bonchev–Trinajstić information content (AvgIpc) is 3.47. The van der Waals surface area contributed by atoms with Gasteiger partial charge in [-0.25, -0.2) is 0 Å². The summed E-state index contributed by atoms with van der Waals surface area (Å²) in [5, 5.41) is 4.77. The molecule has 6 bridgehead atoms. The Morgan fingerprint density at radius 3 is 1.71 bits per heavy atom. The SMILES string of the molecule is Brc1cc2c(cc1N1COc3cccc4cccc1c34)C1c3ccccc3C2c2cc(-c3ccc4c5c(cccc35)OCN4c3cc4c(cc3Br)C3CC5CC(C3)CC4C5)ccc21. The minimum atomic E-state index is 0.123. The van der Waals surface area contributed by atoms with E-state index in [0.29, 0.717) is 25.3 Å². The predicted molar refractivity (Wildman–Crippen MR) is 261 cm³/mol. The Hall–Kier alpha value is -5.56. The molecule has 4 unspecified atom stereocenters. The highest BCUT2D eigenvalue weighted by molar-refractivity contribution is 9.11. The molecule has 6 heteroatoms. The first-order valence-corrected chi connectivity index (χ1v) is 24.4. The molecule has 306 valence electrons. The van der Waals surface area contributed by atoms with Crippen LogP contribution in [0.2, 0.25) is 0 Å². The molecular weight excluding hydrogens is 904 g/mol. The molecule has 7 aliphatic carbocycles. The van der Waals surface area contributed by atoms with Crippen LogP contribution in [0.25, 0.3) is 32.7 Å². The molecule has 4 nitrogen and oxygen atoms in total. The van der Waals surface area contributed by atoms with Crippen LogP contribution in [0.5, 0.6) is 11.5 Å². The summed E-state index contributed by atoms with van der Waals surface area (Å²) in [7, 11) is 0. The first-order chi connectivity index (χ1) is 31.0. The highest BCUT2D eigenvalue weighted by atomic mass is 79.9. The third-order valence-electron chi connectivity index (χ3n) is 16.3. The molecule has 17 rings (SSSR count). The van der Waals surface area contributed by atoms with E-state index in [1.54, 1.807) is 11.1 Å². The number of benzene rings is 8. The minimum Gasteiger partial charge on any atom is -0.472 e. The number of hydrogen-bond donors (Lipinski definition) is 0. The Labute approximate surface area is 383 Å². The van der Waals surface area contributed by atoms with Gasteiger partial charge in [-0.15, -0.1) is 0 Å². The summed E-state index contributed by atoms with van der Waals surface area (Å²) in [5.41, 5.74) is 18.8. The van der Waals surface area contributed by atoms with Gasteiger partial charge >= 0.3 is 0 Å². The first-order valence-electron chi connectivity index (χ1n) is 22.8. The maximum absolute atomic E-state index is 6.68. The van der Waals surface area contributed by atoms with E-state index >= 15 is 0 Å². The molecule has 63 heavy (non-hydrogen) atoms. The average molecular weight is 947 g/mol. The largest absolute Gasteiger partial charge is 0.472 e. The van der Waals surface area contributed by atoms with Crippen molar-refractivity contribution in [2.24, 2.45) is 11.8 Å². The van der Waals surface area contributed by atoms with Crippen LogP contribution in [0.4, 0.5) is 22.7 Å². The van der Waals surface area contributed by atoms with Crippen LogP contribution in [0.1, 0.15) is 100 Å². The zero-order valence-corrected chi connectivity index (χ0v) is 37.8. The van der Waals surface area contributed by atoms with E-state index in [0.717, 1.165) is 33.5 Å². The number of anilines is 4. The molecule has 0 radical (unpaired) electrons. The van der Waals surface area contributed by atoms with Crippen molar-refractivity contribution < 1.29 is 9.47 Å². The number of hydrogen-bond acceptors (Lipinski definition) is 4. The smallest absolute Gasteiger partial charge is 0.165 e. The summed E-state index contributed by atoms with van der Waals surface area (Å²) in [6.45, 7) is 0.954. The van der Waals surface area contributed by atoms with Gasteiger partial charge in [0.2, 0.25) is 0 Å². The molecule has 2 saturated carbocycles. The zero-order chi connectivity index (χ0) is 41.2. The normalized spacial score (nSPS) is 23.8. The second-order valence-corrected chi connectivity index (χ2v) is 21.1. The lowest BCUT2D eigenvalue weighted by Gasteiger charge is -2.43. The van der Waals surface area contributed by atoms with Crippen LogP contribution in [-0.2, 0) is 0 Å². The van der Waals surface area contributed by atoms with Crippen LogP contribution < -0.4 is 19.3 Å². The van der Waals surface area contributed by atoms with Crippen LogP contribution in [0, 0.1) is 11.8 Å². The molecule has 0 aromatic heterocycles. The molecule has 9 aliphatic rings. The predicted octanol–water partition coefficient (Wildman–Crippen LogP) is 15.5. The third kappa shape index (κ3) is 4.97. The van der Waals surface area contributed by atoms with Gasteiger partial charge in [0.05, 0.1) is 22.7 Å². The molecule has 0 N–H and O–H groups in total. The Bertz CT molecular complexity index is 3320. The number of ether oxygens (including phenoxy) is 2. The summed E-state index contributed by atoms with van der Waals surface area (Å²) < 4.78 is 15.4. The van der Waals surface area contributed by atoms with E-state index in [-0.39, 0.29) is 11.8 Å². The second-order valence-electron chi connectivity index (χ2n) is 19.4. The molecule has 0 saturated heterocycles. The molecule has 0 amide bonds. The monoisotopic (exact) mass is 944 g/mol. The highest BCUT2D eigenvalue weighted by Gasteiger charge is 2.44. The lowest BCUT2D eigenvalue weighted by Crippen LogP contribution is -2.30. The maximum atomic E-state index is 6.68.